The molecule has 3 rings (SSSR count). The van der Waals surface area contributed by atoms with Crippen molar-refractivity contribution >= 4 is 11.6 Å². The van der Waals surface area contributed by atoms with Gasteiger partial charge in [0, 0.05) is 11.2 Å². The number of aromatic nitrogens is 1. The Hall–Kier alpha value is -1.38. The zero-order valence-corrected chi connectivity index (χ0v) is 12.1. The lowest BCUT2D eigenvalue weighted by Gasteiger charge is -2.34. The van der Waals surface area contributed by atoms with Gasteiger partial charge in [0.2, 0.25) is 0 Å². The van der Waals surface area contributed by atoms with Crippen LogP contribution in [-0.4, -0.2) is 10.1 Å². The van der Waals surface area contributed by atoms with E-state index in [4.69, 9.17) is 11.6 Å². The van der Waals surface area contributed by atoms with Gasteiger partial charge in [0.15, 0.2) is 0 Å². The molecule has 1 atom stereocenters. The second kappa shape index (κ2) is 5.55. The SMILES string of the molecule is OC(c1ccc(Cl)cc1)(c1ccccn1)C1CCCC1. The molecule has 0 radical (unpaired) electrons. The van der Waals surface area contributed by atoms with Gasteiger partial charge in [-0.25, -0.2) is 0 Å². The fraction of sp³-hybridized carbons (Fsp3) is 0.353. The zero-order valence-electron chi connectivity index (χ0n) is 11.3. The smallest absolute Gasteiger partial charge is 0.134 e. The van der Waals surface area contributed by atoms with Crippen molar-refractivity contribution in [2.45, 2.75) is 31.3 Å². The molecule has 1 saturated carbocycles. The molecule has 0 bridgehead atoms. The van der Waals surface area contributed by atoms with Crippen LogP contribution >= 0.6 is 11.6 Å². The summed E-state index contributed by atoms with van der Waals surface area (Å²) in [5, 5.41) is 12.1. The third-order valence-corrected chi connectivity index (χ3v) is 4.54. The molecule has 20 heavy (non-hydrogen) atoms. The minimum atomic E-state index is -1.01. The second-order valence-electron chi connectivity index (χ2n) is 5.47. The van der Waals surface area contributed by atoms with Crippen molar-refractivity contribution in [2.24, 2.45) is 5.92 Å². The van der Waals surface area contributed by atoms with E-state index in [1.54, 1.807) is 6.20 Å². The van der Waals surface area contributed by atoms with Crippen molar-refractivity contribution in [2.75, 3.05) is 0 Å². The Morgan fingerprint density at radius 1 is 1.05 bits per heavy atom. The molecule has 0 aliphatic heterocycles. The van der Waals surface area contributed by atoms with Crippen molar-refractivity contribution < 1.29 is 5.11 Å². The normalized spacial score (nSPS) is 18.9. The summed E-state index contributed by atoms with van der Waals surface area (Å²) in [5.74, 6) is 0.221. The van der Waals surface area contributed by atoms with Crippen LogP contribution in [0.25, 0.3) is 0 Å². The number of pyridine rings is 1. The highest BCUT2D eigenvalue weighted by atomic mass is 35.5. The Bertz CT molecular complexity index is 563. The highest BCUT2D eigenvalue weighted by Gasteiger charge is 2.42. The monoisotopic (exact) mass is 287 g/mol. The first-order valence-electron chi connectivity index (χ1n) is 7.11. The van der Waals surface area contributed by atoms with Crippen LogP contribution in [0, 0.1) is 5.92 Å². The zero-order chi connectivity index (χ0) is 14.0. The summed E-state index contributed by atoms with van der Waals surface area (Å²) >= 11 is 5.97. The molecule has 1 aliphatic carbocycles. The average Bonchev–Trinajstić information content (AvgIpc) is 3.03. The van der Waals surface area contributed by atoms with Gasteiger partial charge < -0.3 is 5.11 Å². The molecule has 0 amide bonds. The van der Waals surface area contributed by atoms with Crippen LogP contribution in [0.4, 0.5) is 0 Å². The molecule has 1 aromatic heterocycles. The summed E-state index contributed by atoms with van der Waals surface area (Å²) in [6.45, 7) is 0. The summed E-state index contributed by atoms with van der Waals surface area (Å²) in [6.07, 6.45) is 6.16. The van der Waals surface area contributed by atoms with Crippen LogP contribution in [-0.2, 0) is 5.60 Å². The van der Waals surface area contributed by atoms with Crippen LogP contribution < -0.4 is 0 Å². The third kappa shape index (κ3) is 2.34. The maximum absolute atomic E-state index is 11.4. The molecule has 1 N–H and O–H groups in total. The van der Waals surface area contributed by atoms with Gasteiger partial charge in [-0.3, -0.25) is 4.98 Å². The highest BCUT2D eigenvalue weighted by molar-refractivity contribution is 6.30. The van der Waals surface area contributed by atoms with Crippen molar-refractivity contribution in [3.8, 4) is 0 Å². The predicted octanol–water partition coefficient (Wildman–Crippen LogP) is 4.16. The molecule has 0 spiro atoms. The largest absolute Gasteiger partial charge is 0.378 e. The predicted molar refractivity (Wildman–Crippen MR) is 80.6 cm³/mol. The number of halogens is 1. The van der Waals surface area contributed by atoms with Crippen molar-refractivity contribution in [3.63, 3.8) is 0 Å². The topological polar surface area (TPSA) is 33.1 Å². The molecular formula is C17H18ClNO. The van der Waals surface area contributed by atoms with E-state index in [0.717, 1.165) is 24.1 Å². The third-order valence-electron chi connectivity index (χ3n) is 4.29. The standard InChI is InChI=1S/C17H18ClNO/c18-15-10-8-14(9-11-15)17(20,13-5-1-2-6-13)16-7-3-4-12-19-16/h3-4,7-13,20H,1-2,5-6H2. The fourth-order valence-electron chi connectivity index (χ4n) is 3.23. The van der Waals surface area contributed by atoms with Gasteiger partial charge >= 0.3 is 0 Å². The molecule has 2 nitrogen and oxygen atoms in total. The average molecular weight is 288 g/mol. The van der Waals surface area contributed by atoms with E-state index >= 15 is 0 Å². The molecule has 1 fully saturated rings. The van der Waals surface area contributed by atoms with Gasteiger partial charge in [-0.15, -0.1) is 0 Å². The van der Waals surface area contributed by atoms with Gasteiger partial charge in [-0.2, -0.15) is 0 Å². The van der Waals surface area contributed by atoms with Crippen molar-refractivity contribution in [1.29, 1.82) is 0 Å². The molecule has 1 heterocycles. The molecule has 2 aromatic rings. The lowest BCUT2D eigenvalue weighted by molar-refractivity contribution is 0.0148. The van der Waals surface area contributed by atoms with E-state index in [-0.39, 0.29) is 5.92 Å². The van der Waals surface area contributed by atoms with Crippen LogP contribution in [0.5, 0.6) is 0 Å². The number of hydrogen-bond donors (Lipinski definition) is 1. The summed E-state index contributed by atoms with van der Waals surface area (Å²) in [6, 6.07) is 13.2. The maximum atomic E-state index is 11.4. The molecule has 104 valence electrons. The highest BCUT2D eigenvalue weighted by Crippen LogP contribution is 2.44. The van der Waals surface area contributed by atoms with Crippen molar-refractivity contribution in [1.82, 2.24) is 4.98 Å². The van der Waals surface area contributed by atoms with E-state index in [1.165, 1.54) is 12.8 Å². The van der Waals surface area contributed by atoms with Gasteiger partial charge in [0.05, 0.1) is 5.69 Å². The van der Waals surface area contributed by atoms with E-state index in [9.17, 15) is 5.11 Å². The minimum absolute atomic E-state index is 0.221. The summed E-state index contributed by atoms with van der Waals surface area (Å²) in [4.78, 5) is 4.41. The molecule has 1 unspecified atom stereocenters. The van der Waals surface area contributed by atoms with Crippen LogP contribution in [0.15, 0.2) is 48.7 Å². The van der Waals surface area contributed by atoms with Crippen LogP contribution in [0.3, 0.4) is 0 Å². The van der Waals surface area contributed by atoms with Gasteiger partial charge in [-0.1, -0.05) is 42.6 Å². The number of nitrogens with zero attached hydrogens (tertiary/aromatic N) is 1. The quantitative estimate of drug-likeness (QED) is 0.919. The molecule has 0 saturated heterocycles. The Kier molecular flexibility index (Phi) is 3.77. The van der Waals surface area contributed by atoms with Crippen LogP contribution in [0.2, 0.25) is 5.02 Å². The Morgan fingerprint density at radius 3 is 2.35 bits per heavy atom. The first-order chi connectivity index (χ1) is 9.71. The molecular weight excluding hydrogens is 270 g/mol. The van der Waals surface area contributed by atoms with E-state index in [2.05, 4.69) is 4.98 Å². The lowest BCUT2D eigenvalue weighted by Crippen LogP contribution is -2.36. The fourth-order valence-corrected chi connectivity index (χ4v) is 3.35. The first-order valence-corrected chi connectivity index (χ1v) is 7.49. The maximum Gasteiger partial charge on any atom is 0.134 e. The number of rotatable bonds is 3. The summed E-state index contributed by atoms with van der Waals surface area (Å²) < 4.78 is 0. The number of benzene rings is 1. The first kappa shape index (κ1) is 13.6. The van der Waals surface area contributed by atoms with Crippen LogP contribution in [0.1, 0.15) is 36.9 Å². The molecule has 1 aromatic carbocycles. The second-order valence-corrected chi connectivity index (χ2v) is 5.91. The van der Waals surface area contributed by atoms with E-state index in [0.29, 0.717) is 5.02 Å². The van der Waals surface area contributed by atoms with Gasteiger partial charge in [-0.05, 0) is 48.6 Å². The minimum Gasteiger partial charge on any atom is -0.378 e. The summed E-state index contributed by atoms with van der Waals surface area (Å²) in [7, 11) is 0. The van der Waals surface area contributed by atoms with Gasteiger partial charge in [0.1, 0.15) is 5.60 Å². The molecule has 3 heteroatoms. The summed E-state index contributed by atoms with van der Waals surface area (Å²) in [5.41, 5.74) is 0.601. The Morgan fingerprint density at radius 2 is 1.75 bits per heavy atom. The lowest BCUT2D eigenvalue weighted by atomic mass is 9.77. The van der Waals surface area contributed by atoms with Crippen molar-refractivity contribution in [3.05, 3.63) is 64.9 Å². The van der Waals surface area contributed by atoms with E-state index < -0.39 is 5.60 Å². The number of hydrogen-bond acceptors (Lipinski definition) is 2. The Labute approximate surface area is 124 Å². The van der Waals surface area contributed by atoms with E-state index in [1.807, 2.05) is 42.5 Å². The number of aliphatic hydroxyl groups is 1. The van der Waals surface area contributed by atoms with Gasteiger partial charge in [0.25, 0.3) is 0 Å². The molecule has 1 aliphatic rings. The Balaban J connectivity index is 2.10.